The second-order valence-electron chi connectivity index (χ2n) is 7.57. The minimum absolute atomic E-state index is 0.229. The summed E-state index contributed by atoms with van der Waals surface area (Å²) in [6.45, 7) is 0. The first-order chi connectivity index (χ1) is 17.4. The van der Waals surface area contributed by atoms with Crippen LogP contribution in [0.5, 0.6) is 28.7 Å². The molecule has 0 amide bonds. The van der Waals surface area contributed by atoms with Crippen molar-refractivity contribution in [3.05, 3.63) is 82.5 Å². The van der Waals surface area contributed by atoms with Crippen LogP contribution in [0.2, 0.25) is 0 Å². The van der Waals surface area contributed by atoms with Crippen LogP contribution in [0.4, 0.5) is 0 Å². The molecule has 3 aromatic carbocycles. The number of hydrogen-bond donors (Lipinski definition) is 0. The van der Waals surface area contributed by atoms with Crippen LogP contribution >= 0.6 is 0 Å². The number of ether oxygens (including phenoxy) is 5. The van der Waals surface area contributed by atoms with Crippen molar-refractivity contribution in [3.8, 4) is 40.1 Å². The topological polar surface area (TPSA) is 93.4 Å². The van der Waals surface area contributed by atoms with E-state index in [-0.39, 0.29) is 16.8 Å². The molecule has 0 saturated heterocycles. The Balaban J connectivity index is 1.58. The van der Waals surface area contributed by atoms with Crippen LogP contribution in [0.15, 0.2) is 76.0 Å². The Morgan fingerprint density at radius 1 is 0.750 bits per heavy atom. The van der Waals surface area contributed by atoms with Gasteiger partial charge in [-0.1, -0.05) is 6.07 Å². The number of carbonyl (C=O) groups is 1. The largest absolute Gasteiger partial charge is 0.493 e. The normalized spacial score (nSPS) is 10.9. The quantitative estimate of drug-likeness (QED) is 0.192. The Hall–Kier alpha value is -4.72. The molecule has 0 aliphatic rings. The average Bonchev–Trinajstić information content (AvgIpc) is 2.91. The molecule has 1 heterocycles. The Morgan fingerprint density at radius 2 is 1.42 bits per heavy atom. The summed E-state index contributed by atoms with van der Waals surface area (Å²) >= 11 is 0. The first-order valence-electron chi connectivity index (χ1n) is 10.9. The Kier molecular flexibility index (Phi) is 7.25. The summed E-state index contributed by atoms with van der Waals surface area (Å²) in [5, 5.41) is 0.361. The minimum atomic E-state index is -0.595. The molecule has 0 spiro atoms. The smallest absolute Gasteiger partial charge is 0.336 e. The lowest BCUT2D eigenvalue weighted by Gasteiger charge is -2.10. The summed E-state index contributed by atoms with van der Waals surface area (Å²) in [6, 6.07) is 16.5. The predicted octanol–water partition coefficient (Wildman–Crippen LogP) is 5.11. The van der Waals surface area contributed by atoms with Crippen LogP contribution in [0.3, 0.4) is 0 Å². The third-order valence-corrected chi connectivity index (χ3v) is 5.41. The van der Waals surface area contributed by atoms with E-state index < -0.39 is 5.97 Å². The number of rotatable bonds is 8. The van der Waals surface area contributed by atoms with Crippen molar-refractivity contribution in [3.63, 3.8) is 0 Å². The molecule has 0 atom stereocenters. The van der Waals surface area contributed by atoms with Crippen molar-refractivity contribution in [2.45, 2.75) is 0 Å². The average molecular weight is 488 g/mol. The molecule has 0 fully saturated rings. The summed E-state index contributed by atoms with van der Waals surface area (Å²) in [5.74, 6) is 2.16. The summed E-state index contributed by atoms with van der Waals surface area (Å²) in [4.78, 5) is 25.1. The van der Waals surface area contributed by atoms with Gasteiger partial charge < -0.3 is 28.1 Å². The molecule has 36 heavy (non-hydrogen) atoms. The van der Waals surface area contributed by atoms with E-state index in [2.05, 4.69) is 0 Å². The van der Waals surface area contributed by atoms with E-state index in [1.807, 2.05) is 0 Å². The monoisotopic (exact) mass is 488 g/mol. The fourth-order valence-electron chi connectivity index (χ4n) is 3.60. The fourth-order valence-corrected chi connectivity index (χ4v) is 3.60. The molecule has 0 aliphatic carbocycles. The van der Waals surface area contributed by atoms with Gasteiger partial charge in [-0.15, -0.1) is 0 Å². The summed E-state index contributed by atoms with van der Waals surface area (Å²) in [5.41, 5.74) is 1.41. The van der Waals surface area contributed by atoms with E-state index in [1.54, 1.807) is 62.8 Å². The van der Waals surface area contributed by atoms with Crippen molar-refractivity contribution < 1.29 is 32.9 Å². The van der Waals surface area contributed by atoms with Crippen LogP contribution in [-0.4, -0.2) is 34.4 Å². The van der Waals surface area contributed by atoms with Gasteiger partial charge in [-0.05, 0) is 54.1 Å². The van der Waals surface area contributed by atoms with Crippen LogP contribution < -0.4 is 29.1 Å². The van der Waals surface area contributed by atoms with Crippen molar-refractivity contribution in [2.75, 3.05) is 28.4 Å². The van der Waals surface area contributed by atoms with E-state index in [4.69, 9.17) is 28.1 Å². The van der Waals surface area contributed by atoms with E-state index in [9.17, 15) is 9.59 Å². The van der Waals surface area contributed by atoms with Gasteiger partial charge in [0.15, 0.2) is 28.4 Å². The molecule has 0 unspecified atom stereocenters. The molecule has 0 N–H and O–H groups in total. The Morgan fingerprint density at radius 3 is 2.11 bits per heavy atom. The number of hydrogen-bond acceptors (Lipinski definition) is 8. The van der Waals surface area contributed by atoms with Gasteiger partial charge in [0.05, 0.1) is 33.8 Å². The number of esters is 1. The summed E-state index contributed by atoms with van der Waals surface area (Å²) in [6.07, 6.45) is 2.89. The van der Waals surface area contributed by atoms with E-state index in [0.717, 1.165) is 5.56 Å². The molecular weight excluding hydrogens is 464 g/mol. The summed E-state index contributed by atoms with van der Waals surface area (Å²) < 4.78 is 32.5. The SMILES string of the molecule is COc1ccc(/C=C/C(=O)Oc2ccc3c(=O)cc(-c4ccc(OC)c(OC)c4)oc3c2)cc1OC. The number of methoxy groups -OCH3 is 4. The molecule has 4 aromatic rings. The van der Waals surface area contributed by atoms with Crippen molar-refractivity contribution >= 4 is 23.0 Å². The van der Waals surface area contributed by atoms with Gasteiger partial charge in [-0.2, -0.15) is 0 Å². The fraction of sp³-hybridized carbons (Fsp3) is 0.143. The molecule has 0 bridgehead atoms. The zero-order valence-electron chi connectivity index (χ0n) is 20.2. The van der Waals surface area contributed by atoms with Crippen LogP contribution in [0, 0.1) is 0 Å². The van der Waals surface area contributed by atoms with Crippen LogP contribution in [-0.2, 0) is 4.79 Å². The van der Waals surface area contributed by atoms with Gasteiger partial charge in [0.25, 0.3) is 0 Å². The molecule has 4 rings (SSSR count). The second-order valence-corrected chi connectivity index (χ2v) is 7.57. The lowest BCUT2D eigenvalue weighted by Crippen LogP contribution is -2.05. The van der Waals surface area contributed by atoms with Gasteiger partial charge in [-0.25, -0.2) is 4.79 Å². The molecule has 0 aliphatic heterocycles. The molecule has 0 saturated carbocycles. The van der Waals surface area contributed by atoms with E-state index in [0.29, 0.717) is 39.7 Å². The molecule has 8 nitrogen and oxygen atoms in total. The number of fused-ring (bicyclic) bond motifs is 1. The van der Waals surface area contributed by atoms with Gasteiger partial charge in [-0.3, -0.25) is 4.79 Å². The van der Waals surface area contributed by atoms with Crippen molar-refractivity contribution in [1.82, 2.24) is 0 Å². The molecule has 1 aromatic heterocycles. The lowest BCUT2D eigenvalue weighted by atomic mass is 10.1. The zero-order valence-corrected chi connectivity index (χ0v) is 20.2. The predicted molar refractivity (Wildman–Crippen MR) is 135 cm³/mol. The first kappa shape index (κ1) is 24.4. The Labute approximate surface area is 207 Å². The van der Waals surface area contributed by atoms with E-state index in [1.165, 1.54) is 38.5 Å². The van der Waals surface area contributed by atoms with Gasteiger partial charge in [0, 0.05) is 23.8 Å². The molecule has 184 valence electrons. The first-order valence-corrected chi connectivity index (χ1v) is 10.9. The van der Waals surface area contributed by atoms with E-state index >= 15 is 0 Å². The molecular formula is C28H24O8. The maximum atomic E-state index is 12.7. The third kappa shape index (κ3) is 5.17. The second kappa shape index (κ2) is 10.7. The summed E-state index contributed by atoms with van der Waals surface area (Å²) in [7, 11) is 6.15. The van der Waals surface area contributed by atoms with Gasteiger partial charge in [0.1, 0.15) is 17.1 Å². The standard InChI is InChI=1S/C28H24O8/c1-31-22-10-5-17(13-26(22)33-3)6-12-28(30)35-19-8-9-20-21(29)16-24(36-25(20)15-19)18-7-11-23(32-2)27(14-18)34-4/h5-16H,1-4H3/b12-6+. The minimum Gasteiger partial charge on any atom is -0.493 e. The van der Waals surface area contributed by atoms with Crippen molar-refractivity contribution in [1.29, 1.82) is 0 Å². The Bertz CT molecular complexity index is 1500. The third-order valence-electron chi connectivity index (χ3n) is 5.41. The highest BCUT2D eigenvalue weighted by molar-refractivity contribution is 5.89. The van der Waals surface area contributed by atoms with Crippen molar-refractivity contribution in [2.24, 2.45) is 0 Å². The zero-order chi connectivity index (χ0) is 25.7. The highest BCUT2D eigenvalue weighted by Crippen LogP contribution is 2.33. The maximum Gasteiger partial charge on any atom is 0.336 e. The van der Waals surface area contributed by atoms with Crippen LogP contribution in [0.25, 0.3) is 28.4 Å². The maximum absolute atomic E-state index is 12.7. The van der Waals surface area contributed by atoms with Gasteiger partial charge >= 0.3 is 5.97 Å². The molecule has 8 heteroatoms. The number of benzene rings is 3. The van der Waals surface area contributed by atoms with Gasteiger partial charge in [0.2, 0.25) is 0 Å². The molecule has 0 radical (unpaired) electrons. The number of carbonyl (C=O) groups excluding carboxylic acids is 1. The highest BCUT2D eigenvalue weighted by Gasteiger charge is 2.12. The van der Waals surface area contributed by atoms with Crippen LogP contribution in [0.1, 0.15) is 5.56 Å². The lowest BCUT2D eigenvalue weighted by molar-refractivity contribution is -0.128. The highest BCUT2D eigenvalue weighted by atomic mass is 16.5.